The Hall–Kier alpha value is -3.27. The molecule has 46 heavy (non-hydrogen) atoms. The molecule has 3 aliphatic heterocycles. The highest BCUT2D eigenvalue weighted by Gasteiger charge is 2.31. The van der Waals surface area contributed by atoms with Crippen molar-refractivity contribution in [1.29, 1.82) is 0 Å². The van der Waals surface area contributed by atoms with Crippen molar-refractivity contribution in [1.82, 2.24) is 24.8 Å². The van der Waals surface area contributed by atoms with Gasteiger partial charge < -0.3 is 48.2 Å². The summed E-state index contributed by atoms with van der Waals surface area (Å²) in [4.78, 5) is 43.8. The van der Waals surface area contributed by atoms with Crippen LogP contribution in [-0.4, -0.2) is 157 Å². The normalized spacial score (nSPS) is 18.5. The Morgan fingerprint density at radius 1 is 0.696 bits per heavy atom. The number of ether oxygens (including phenoxy) is 5. The highest BCUT2D eigenvalue weighted by molar-refractivity contribution is 5.95. The van der Waals surface area contributed by atoms with Crippen molar-refractivity contribution in [3.63, 3.8) is 0 Å². The molecule has 2 aromatic rings. The fraction of sp³-hybridized carbons (Fsp3) is 0.774. The molecule has 0 aliphatic carbocycles. The standard InChI is InChI=1S/C31H51N9O6/c1-6-46-31(41)40-17-15-38(16-18-40)29-32-25-26(27(34-29)36-11-7-23(44-4)8-12-36)33-30(39(19-21-42-2)20-22-43-3)35-28(25)37-13-9-24(45-5)10-14-37/h23-24H,6-22H2,1-5H3. The van der Waals surface area contributed by atoms with Gasteiger partial charge >= 0.3 is 6.09 Å². The van der Waals surface area contributed by atoms with Gasteiger partial charge in [-0.3, -0.25) is 0 Å². The molecular weight excluding hydrogens is 594 g/mol. The molecule has 3 saturated heterocycles. The number of nitrogens with zero attached hydrogens (tertiary/aromatic N) is 9. The number of aromatic nitrogens is 4. The van der Waals surface area contributed by atoms with E-state index >= 15 is 0 Å². The Bertz CT molecular complexity index is 1260. The molecule has 0 N–H and O–H groups in total. The van der Waals surface area contributed by atoms with E-state index in [1.807, 2.05) is 6.92 Å². The second kappa shape index (κ2) is 16.5. The summed E-state index contributed by atoms with van der Waals surface area (Å²) in [6.45, 7) is 9.96. The number of fused-ring (bicyclic) bond motifs is 1. The van der Waals surface area contributed by atoms with E-state index in [0.29, 0.717) is 71.0 Å². The zero-order valence-corrected chi connectivity index (χ0v) is 28.1. The van der Waals surface area contributed by atoms with Crippen LogP contribution in [0.25, 0.3) is 11.0 Å². The lowest BCUT2D eigenvalue weighted by molar-refractivity contribution is 0.0817. The molecule has 0 atom stereocenters. The first-order valence-corrected chi connectivity index (χ1v) is 16.5. The molecule has 0 saturated carbocycles. The van der Waals surface area contributed by atoms with Gasteiger partial charge in [-0.05, 0) is 32.6 Å². The van der Waals surface area contributed by atoms with E-state index < -0.39 is 0 Å². The molecule has 0 aromatic carbocycles. The van der Waals surface area contributed by atoms with Gasteiger partial charge in [0.1, 0.15) is 11.0 Å². The van der Waals surface area contributed by atoms with E-state index in [4.69, 9.17) is 43.6 Å². The van der Waals surface area contributed by atoms with Crippen molar-refractivity contribution in [3.05, 3.63) is 0 Å². The maximum absolute atomic E-state index is 12.4. The SMILES string of the molecule is CCOC(=O)N1CCN(c2nc(N3CCC(OC)CC3)c3nc(N(CCOC)CCOC)nc(N4CCC(OC)CC4)c3n2)CC1. The van der Waals surface area contributed by atoms with Gasteiger partial charge in [0.2, 0.25) is 11.9 Å². The topological polar surface area (TPSA) is 131 Å². The van der Waals surface area contributed by atoms with Crippen LogP contribution in [-0.2, 0) is 23.7 Å². The molecule has 5 rings (SSSR count). The first-order valence-electron chi connectivity index (χ1n) is 16.5. The van der Waals surface area contributed by atoms with Crippen LogP contribution in [0.3, 0.4) is 0 Å². The number of carbonyl (C=O) groups excluding carboxylic acids is 1. The van der Waals surface area contributed by atoms with Gasteiger partial charge in [0, 0.05) is 93.9 Å². The third-order valence-corrected chi connectivity index (χ3v) is 9.14. The number of piperidine rings is 2. The number of rotatable bonds is 13. The fourth-order valence-corrected chi connectivity index (χ4v) is 6.31. The average molecular weight is 646 g/mol. The number of methoxy groups -OCH3 is 4. The first kappa shape index (κ1) is 34.1. The molecule has 0 spiro atoms. The van der Waals surface area contributed by atoms with Gasteiger partial charge in [-0.2, -0.15) is 9.97 Å². The minimum Gasteiger partial charge on any atom is -0.450 e. The second-order valence-electron chi connectivity index (χ2n) is 11.9. The number of hydrogen-bond donors (Lipinski definition) is 0. The van der Waals surface area contributed by atoms with Crippen LogP contribution in [0.4, 0.5) is 28.3 Å². The summed E-state index contributed by atoms with van der Waals surface area (Å²) in [7, 11) is 6.96. The number of amides is 1. The summed E-state index contributed by atoms with van der Waals surface area (Å²) < 4.78 is 27.5. The van der Waals surface area contributed by atoms with E-state index in [1.54, 1.807) is 33.3 Å². The van der Waals surface area contributed by atoms with E-state index in [1.165, 1.54) is 0 Å². The minimum atomic E-state index is -0.280. The maximum atomic E-state index is 12.4. The highest BCUT2D eigenvalue weighted by atomic mass is 16.6. The highest BCUT2D eigenvalue weighted by Crippen LogP contribution is 2.35. The van der Waals surface area contributed by atoms with Crippen LogP contribution in [0.15, 0.2) is 0 Å². The molecule has 15 nitrogen and oxygen atoms in total. The summed E-state index contributed by atoms with van der Waals surface area (Å²) in [5, 5.41) is 0. The van der Waals surface area contributed by atoms with Gasteiger partial charge in [0.15, 0.2) is 11.6 Å². The summed E-state index contributed by atoms with van der Waals surface area (Å²) in [6.07, 6.45) is 3.78. The van der Waals surface area contributed by atoms with Crippen LogP contribution in [0.1, 0.15) is 32.6 Å². The molecular formula is C31H51N9O6. The summed E-state index contributed by atoms with van der Waals surface area (Å²) in [6, 6.07) is 0. The Balaban J connectivity index is 1.60. The van der Waals surface area contributed by atoms with Gasteiger partial charge in [-0.15, -0.1) is 0 Å². The molecule has 256 valence electrons. The van der Waals surface area contributed by atoms with Crippen LogP contribution in [0.2, 0.25) is 0 Å². The molecule has 2 aromatic heterocycles. The lowest BCUT2D eigenvalue weighted by atomic mass is 10.1. The van der Waals surface area contributed by atoms with Gasteiger partial charge in [-0.25, -0.2) is 14.8 Å². The Morgan fingerprint density at radius 2 is 1.22 bits per heavy atom. The van der Waals surface area contributed by atoms with E-state index in [2.05, 4.69) is 19.6 Å². The van der Waals surface area contributed by atoms with Crippen LogP contribution in [0, 0.1) is 0 Å². The van der Waals surface area contributed by atoms with Gasteiger partial charge in [0.05, 0.1) is 32.0 Å². The number of carbonyl (C=O) groups is 1. The third-order valence-electron chi connectivity index (χ3n) is 9.14. The number of hydrogen-bond acceptors (Lipinski definition) is 14. The summed E-state index contributed by atoms with van der Waals surface area (Å²) in [5.74, 6) is 2.84. The first-order chi connectivity index (χ1) is 22.5. The molecule has 5 heterocycles. The lowest BCUT2D eigenvalue weighted by Gasteiger charge is -2.37. The Kier molecular flexibility index (Phi) is 12.2. The van der Waals surface area contributed by atoms with Crippen LogP contribution < -0.4 is 19.6 Å². The van der Waals surface area contributed by atoms with E-state index in [0.717, 1.165) is 74.5 Å². The van der Waals surface area contributed by atoms with Crippen LogP contribution in [0.5, 0.6) is 0 Å². The van der Waals surface area contributed by atoms with E-state index in [-0.39, 0.29) is 18.3 Å². The smallest absolute Gasteiger partial charge is 0.409 e. The molecule has 15 heteroatoms. The fourth-order valence-electron chi connectivity index (χ4n) is 6.31. The predicted octanol–water partition coefficient (Wildman–Crippen LogP) is 2.03. The monoisotopic (exact) mass is 645 g/mol. The third kappa shape index (κ3) is 7.99. The quantitative estimate of drug-likeness (QED) is 0.315. The summed E-state index contributed by atoms with van der Waals surface area (Å²) >= 11 is 0. The van der Waals surface area contributed by atoms with Crippen molar-refractivity contribution in [2.75, 3.05) is 133 Å². The summed E-state index contributed by atoms with van der Waals surface area (Å²) in [5.41, 5.74) is 1.47. The maximum Gasteiger partial charge on any atom is 0.409 e. The van der Waals surface area contributed by atoms with Gasteiger partial charge in [-0.1, -0.05) is 0 Å². The molecule has 0 bridgehead atoms. The van der Waals surface area contributed by atoms with E-state index in [9.17, 15) is 4.79 Å². The predicted molar refractivity (Wildman–Crippen MR) is 176 cm³/mol. The van der Waals surface area contributed by atoms with Crippen LogP contribution >= 0.6 is 0 Å². The van der Waals surface area contributed by atoms with Crippen molar-refractivity contribution >= 4 is 40.7 Å². The average Bonchev–Trinajstić information content (AvgIpc) is 3.11. The Labute approximate surface area is 272 Å². The van der Waals surface area contributed by atoms with Crippen molar-refractivity contribution < 1.29 is 28.5 Å². The van der Waals surface area contributed by atoms with Crippen molar-refractivity contribution in [2.24, 2.45) is 0 Å². The number of piperazine rings is 1. The minimum absolute atomic E-state index is 0.223. The molecule has 3 aliphatic rings. The largest absolute Gasteiger partial charge is 0.450 e. The van der Waals surface area contributed by atoms with Crippen molar-refractivity contribution in [2.45, 2.75) is 44.8 Å². The molecule has 3 fully saturated rings. The number of anilines is 4. The lowest BCUT2D eigenvalue weighted by Crippen LogP contribution is -2.49. The zero-order chi connectivity index (χ0) is 32.5. The Morgan fingerprint density at radius 3 is 1.72 bits per heavy atom. The molecule has 1 amide bonds. The molecule has 0 unspecified atom stereocenters. The zero-order valence-electron chi connectivity index (χ0n) is 28.1. The second-order valence-corrected chi connectivity index (χ2v) is 11.9. The van der Waals surface area contributed by atoms with Gasteiger partial charge in [0.25, 0.3) is 0 Å². The molecule has 0 radical (unpaired) electrons. The van der Waals surface area contributed by atoms with Crippen molar-refractivity contribution in [3.8, 4) is 0 Å².